The van der Waals surface area contributed by atoms with Crippen LogP contribution in [-0.2, 0) is 11.2 Å². The fraction of sp³-hybridized carbons (Fsp3) is 0.300. The first-order chi connectivity index (χ1) is 7.00. The average Bonchev–Trinajstić information content (AvgIpc) is 2.15. The van der Waals surface area contributed by atoms with Gasteiger partial charge in [0.1, 0.15) is 6.04 Å². The summed E-state index contributed by atoms with van der Waals surface area (Å²) in [6.07, 6.45) is 0.889. The molecule has 1 unspecified atom stereocenters. The topological polar surface area (TPSA) is 63.3 Å². The Morgan fingerprint density at radius 2 is 2.13 bits per heavy atom. The molecule has 5 heteroatoms. The van der Waals surface area contributed by atoms with Crippen molar-refractivity contribution in [1.29, 1.82) is 0 Å². The Morgan fingerprint density at radius 1 is 1.47 bits per heavy atom. The molecule has 1 aromatic carbocycles. The third kappa shape index (κ3) is 3.70. The first-order valence-electron chi connectivity index (χ1n) is 4.43. The largest absolute Gasteiger partial charge is 0.480 e. The van der Waals surface area contributed by atoms with Crippen molar-refractivity contribution in [3.63, 3.8) is 0 Å². The number of benzene rings is 1. The molecule has 3 N–H and O–H groups in total. The Bertz CT molecular complexity index is 368. The lowest BCUT2D eigenvalue weighted by molar-refractivity contribution is -0.138. The molecule has 0 amide bonds. The lowest BCUT2D eigenvalue weighted by atomic mass is 10.1. The maximum atomic E-state index is 10.5. The molecule has 0 bridgehead atoms. The van der Waals surface area contributed by atoms with E-state index in [9.17, 15) is 4.79 Å². The molecule has 0 saturated heterocycles. The van der Waals surface area contributed by atoms with E-state index in [-0.39, 0.29) is 0 Å². The molecule has 3 nitrogen and oxygen atoms in total. The van der Waals surface area contributed by atoms with Gasteiger partial charge in [-0.05, 0) is 30.5 Å². The Balaban J connectivity index is 2.62. The highest BCUT2D eigenvalue weighted by Crippen LogP contribution is 2.22. The van der Waals surface area contributed by atoms with E-state index in [1.165, 1.54) is 0 Å². The number of rotatable bonds is 4. The first kappa shape index (κ1) is 12.3. The molecule has 15 heavy (non-hydrogen) atoms. The predicted molar refractivity (Wildman–Crippen MR) is 60.4 cm³/mol. The molecule has 1 aromatic rings. The summed E-state index contributed by atoms with van der Waals surface area (Å²) < 4.78 is 0. The molecule has 0 aliphatic rings. The highest BCUT2D eigenvalue weighted by molar-refractivity contribution is 6.35. The Kier molecular flexibility index (Phi) is 4.39. The van der Waals surface area contributed by atoms with Gasteiger partial charge in [-0.25, -0.2) is 0 Å². The van der Waals surface area contributed by atoms with E-state index >= 15 is 0 Å². The zero-order chi connectivity index (χ0) is 11.4. The molecule has 0 spiro atoms. The molecule has 82 valence electrons. The number of nitrogens with two attached hydrogens (primary N) is 1. The van der Waals surface area contributed by atoms with Gasteiger partial charge in [0.15, 0.2) is 0 Å². The third-order valence-electron chi connectivity index (χ3n) is 2.06. The van der Waals surface area contributed by atoms with Gasteiger partial charge in [-0.15, -0.1) is 0 Å². The van der Waals surface area contributed by atoms with Crippen molar-refractivity contribution in [2.75, 3.05) is 0 Å². The maximum absolute atomic E-state index is 10.5. The summed E-state index contributed by atoms with van der Waals surface area (Å²) in [5.41, 5.74) is 6.23. The van der Waals surface area contributed by atoms with E-state index in [0.29, 0.717) is 22.9 Å². The van der Waals surface area contributed by atoms with Crippen molar-refractivity contribution in [3.05, 3.63) is 33.8 Å². The van der Waals surface area contributed by atoms with Crippen molar-refractivity contribution in [1.82, 2.24) is 0 Å². The monoisotopic (exact) mass is 247 g/mol. The average molecular weight is 248 g/mol. The number of halogens is 2. The summed E-state index contributed by atoms with van der Waals surface area (Å²) >= 11 is 11.6. The number of aliphatic carboxylic acids is 1. The number of hydrogen-bond acceptors (Lipinski definition) is 2. The van der Waals surface area contributed by atoms with Gasteiger partial charge in [-0.2, -0.15) is 0 Å². The quantitative estimate of drug-likeness (QED) is 0.859. The fourth-order valence-electron chi connectivity index (χ4n) is 1.16. The normalized spacial score (nSPS) is 12.5. The molecule has 0 aliphatic carbocycles. The Morgan fingerprint density at radius 3 is 2.67 bits per heavy atom. The first-order valence-corrected chi connectivity index (χ1v) is 5.18. The van der Waals surface area contributed by atoms with Gasteiger partial charge in [0.25, 0.3) is 0 Å². The SMILES string of the molecule is NC(CCc1ccc(Cl)cc1Cl)C(=O)O. The molecule has 0 fully saturated rings. The molecule has 0 saturated carbocycles. The number of carboxylic acid groups (broad SMARTS) is 1. The third-order valence-corrected chi connectivity index (χ3v) is 2.64. The maximum Gasteiger partial charge on any atom is 0.320 e. The van der Waals surface area contributed by atoms with Gasteiger partial charge in [-0.1, -0.05) is 29.3 Å². The predicted octanol–water partition coefficient (Wildman–Crippen LogP) is 2.34. The molecule has 0 aliphatic heterocycles. The van der Waals surface area contributed by atoms with Crippen LogP contribution in [0.5, 0.6) is 0 Å². The summed E-state index contributed by atoms with van der Waals surface area (Å²) in [7, 11) is 0. The molecular formula is C10H11Cl2NO2. The van der Waals surface area contributed by atoms with E-state index < -0.39 is 12.0 Å². The van der Waals surface area contributed by atoms with E-state index in [0.717, 1.165) is 5.56 Å². The van der Waals surface area contributed by atoms with Gasteiger partial charge in [-0.3, -0.25) is 4.79 Å². The second-order valence-electron chi connectivity index (χ2n) is 3.22. The Hall–Kier alpha value is -0.770. The Labute approximate surface area is 97.8 Å². The summed E-state index contributed by atoms with van der Waals surface area (Å²) in [5.74, 6) is -1.000. The van der Waals surface area contributed by atoms with E-state index in [1.807, 2.05) is 0 Å². The summed E-state index contributed by atoms with van der Waals surface area (Å²) in [4.78, 5) is 10.5. The van der Waals surface area contributed by atoms with Crippen LogP contribution in [-0.4, -0.2) is 17.1 Å². The van der Waals surface area contributed by atoms with Crippen molar-refractivity contribution in [2.24, 2.45) is 5.73 Å². The van der Waals surface area contributed by atoms with Crippen molar-refractivity contribution in [2.45, 2.75) is 18.9 Å². The van der Waals surface area contributed by atoms with Gasteiger partial charge < -0.3 is 10.8 Å². The molecule has 0 radical (unpaired) electrons. The van der Waals surface area contributed by atoms with Crippen molar-refractivity contribution in [3.8, 4) is 0 Å². The highest BCUT2D eigenvalue weighted by atomic mass is 35.5. The van der Waals surface area contributed by atoms with Crippen LogP contribution >= 0.6 is 23.2 Å². The summed E-state index contributed by atoms with van der Waals surface area (Å²) in [5, 5.41) is 9.70. The van der Waals surface area contributed by atoms with Gasteiger partial charge >= 0.3 is 5.97 Å². The van der Waals surface area contributed by atoms with Crippen LogP contribution in [0.15, 0.2) is 18.2 Å². The number of hydrogen-bond donors (Lipinski definition) is 2. The van der Waals surface area contributed by atoms with Gasteiger partial charge in [0.05, 0.1) is 0 Å². The lowest BCUT2D eigenvalue weighted by Crippen LogP contribution is -2.30. The smallest absolute Gasteiger partial charge is 0.320 e. The summed E-state index contributed by atoms with van der Waals surface area (Å²) in [6, 6.07) is 4.27. The molecular weight excluding hydrogens is 237 g/mol. The van der Waals surface area contributed by atoms with E-state index in [4.69, 9.17) is 34.0 Å². The lowest BCUT2D eigenvalue weighted by Gasteiger charge is -2.07. The van der Waals surface area contributed by atoms with Crippen LogP contribution in [0.4, 0.5) is 0 Å². The summed E-state index contributed by atoms with van der Waals surface area (Å²) in [6.45, 7) is 0. The molecule has 0 heterocycles. The second kappa shape index (κ2) is 5.35. The minimum atomic E-state index is -1.000. The minimum Gasteiger partial charge on any atom is -0.480 e. The molecule has 1 rings (SSSR count). The number of carbonyl (C=O) groups is 1. The molecule has 0 aromatic heterocycles. The minimum absolute atomic E-state index is 0.358. The zero-order valence-corrected chi connectivity index (χ0v) is 9.42. The van der Waals surface area contributed by atoms with Crippen molar-refractivity contribution < 1.29 is 9.90 Å². The zero-order valence-electron chi connectivity index (χ0n) is 7.91. The van der Waals surface area contributed by atoms with Crippen LogP contribution in [0.1, 0.15) is 12.0 Å². The van der Waals surface area contributed by atoms with Crippen LogP contribution in [0.3, 0.4) is 0 Å². The van der Waals surface area contributed by atoms with Crippen LogP contribution in [0.2, 0.25) is 10.0 Å². The van der Waals surface area contributed by atoms with Crippen LogP contribution in [0, 0.1) is 0 Å². The van der Waals surface area contributed by atoms with Crippen LogP contribution in [0.25, 0.3) is 0 Å². The van der Waals surface area contributed by atoms with E-state index in [2.05, 4.69) is 0 Å². The van der Waals surface area contributed by atoms with Crippen LogP contribution < -0.4 is 5.73 Å². The van der Waals surface area contributed by atoms with Crippen molar-refractivity contribution >= 4 is 29.2 Å². The standard InChI is InChI=1S/C10H11Cl2NO2/c11-7-3-1-6(8(12)5-7)2-4-9(13)10(14)15/h1,3,5,9H,2,4,13H2,(H,14,15). The molecule has 1 atom stereocenters. The van der Waals surface area contributed by atoms with Gasteiger partial charge in [0, 0.05) is 10.0 Å². The number of aryl methyl sites for hydroxylation is 1. The highest BCUT2D eigenvalue weighted by Gasteiger charge is 2.12. The number of carboxylic acids is 1. The second-order valence-corrected chi connectivity index (χ2v) is 4.06. The van der Waals surface area contributed by atoms with E-state index in [1.54, 1.807) is 18.2 Å². The van der Waals surface area contributed by atoms with Gasteiger partial charge in [0.2, 0.25) is 0 Å². The fourth-order valence-corrected chi connectivity index (χ4v) is 1.66.